The van der Waals surface area contributed by atoms with Gasteiger partial charge in [0, 0.05) is 20.1 Å². The molecule has 0 amide bonds. The maximum absolute atomic E-state index is 12.3. The van der Waals surface area contributed by atoms with E-state index in [1.165, 1.54) is 10.4 Å². The van der Waals surface area contributed by atoms with E-state index < -0.39 is 10.0 Å². The molecule has 1 rings (SSSR count). The maximum atomic E-state index is 12.3. The Labute approximate surface area is 121 Å². The van der Waals surface area contributed by atoms with Gasteiger partial charge in [0.05, 0.1) is 6.54 Å². The third-order valence-corrected chi connectivity index (χ3v) is 4.62. The zero-order valence-electron chi connectivity index (χ0n) is 12.7. The van der Waals surface area contributed by atoms with Crippen molar-refractivity contribution in [2.24, 2.45) is 0 Å². The Hall–Kier alpha value is -0.890. The van der Waals surface area contributed by atoms with E-state index in [-0.39, 0.29) is 5.09 Å². The van der Waals surface area contributed by atoms with E-state index in [9.17, 15) is 8.42 Å². The number of hydrogen-bond acceptors (Lipinski definition) is 5. The van der Waals surface area contributed by atoms with Crippen molar-refractivity contribution >= 4 is 10.0 Å². The first-order valence-corrected chi connectivity index (χ1v) is 8.22. The first-order chi connectivity index (χ1) is 9.37. The van der Waals surface area contributed by atoms with Crippen LogP contribution in [0.4, 0.5) is 0 Å². The molecular weight excluding hydrogens is 278 g/mol. The second-order valence-corrected chi connectivity index (χ2v) is 7.00. The van der Waals surface area contributed by atoms with Crippen molar-refractivity contribution in [1.82, 2.24) is 14.5 Å². The van der Waals surface area contributed by atoms with Gasteiger partial charge >= 0.3 is 0 Å². The van der Waals surface area contributed by atoms with Crippen LogP contribution in [-0.2, 0) is 16.6 Å². The van der Waals surface area contributed by atoms with Crippen molar-refractivity contribution < 1.29 is 12.8 Å². The first kappa shape index (κ1) is 17.2. The molecule has 0 radical (unpaired) electrons. The lowest BCUT2D eigenvalue weighted by atomic mass is 10.4. The molecule has 0 saturated carbocycles. The Balaban J connectivity index is 2.67. The van der Waals surface area contributed by atoms with E-state index in [2.05, 4.69) is 12.2 Å². The lowest BCUT2D eigenvalue weighted by Gasteiger charge is -2.17. The summed E-state index contributed by atoms with van der Waals surface area (Å²) in [4.78, 5) is 1.94. The standard InChI is InChI=1S/C13H25N3O3S/c1-5-8-14-11-12-6-7-13(19-12)20(17,18)16(4)10-9-15(2)3/h6-7,14H,5,8-11H2,1-4H3. The second-order valence-electron chi connectivity index (χ2n) is 5.03. The molecule has 1 aromatic rings. The number of nitrogens with zero attached hydrogens (tertiary/aromatic N) is 2. The number of furan rings is 1. The monoisotopic (exact) mass is 303 g/mol. The summed E-state index contributed by atoms with van der Waals surface area (Å²) in [5, 5.41) is 3.18. The highest BCUT2D eigenvalue weighted by atomic mass is 32.2. The summed E-state index contributed by atoms with van der Waals surface area (Å²) in [6.07, 6.45) is 1.03. The van der Waals surface area contributed by atoms with Crippen LogP contribution in [0.2, 0.25) is 0 Å². The van der Waals surface area contributed by atoms with Gasteiger partial charge in [-0.15, -0.1) is 0 Å². The molecule has 0 fully saturated rings. The average Bonchev–Trinajstić information content (AvgIpc) is 2.85. The van der Waals surface area contributed by atoms with E-state index in [4.69, 9.17) is 4.42 Å². The summed E-state index contributed by atoms with van der Waals surface area (Å²) >= 11 is 0. The third-order valence-electron chi connectivity index (χ3n) is 2.89. The van der Waals surface area contributed by atoms with Crippen LogP contribution in [-0.4, -0.2) is 58.4 Å². The molecule has 0 aliphatic rings. The van der Waals surface area contributed by atoms with Crippen molar-refractivity contribution in [3.05, 3.63) is 17.9 Å². The summed E-state index contributed by atoms with van der Waals surface area (Å²) < 4.78 is 31.3. The van der Waals surface area contributed by atoms with Gasteiger partial charge in [0.25, 0.3) is 10.0 Å². The highest BCUT2D eigenvalue weighted by Gasteiger charge is 2.24. The average molecular weight is 303 g/mol. The van der Waals surface area contributed by atoms with Gasteiger partial charge in [0.15, 0.2) is 0 Å². The van der Waals surface area contributed by atoms with Crippen molar-refractivity contribution in [2.45, 2.75) is 25.0 Å². The molecule has 1 aromatic heterocycles. The second kappa shape index (κ2) is 7.78. The number of sulfonamides is 1. The number of likely N-dealkylation sites (N-methyl/N-ethyl adjacent to an activating group) is 2. The summed E-state index contributed by atoms with van der Waals surface area (Å²) in [5.74, 6) is 0.637. The Bertz CT molecular complexity index is 497. The van der Waals surface area contributed by atoms with E-state index in [1.54, 1.807) is 13.1 Å². The fourth-order valence-electron chi connectivity index (χ4n) is 1.59. The maximum Gasteiger partial charge on any atom is 0.276 e. The van der Waals surface area contributed by atoms with Gasteiger partial charge in [-0.3, -0.25) is 0 Å². The Morgan fingerprint density at radius 3 is 2.50 bits per heavy atom. The molecule has 0 spiro atoms. The van der Waals surface area contributed by atoms with Gasteiger partial charge in [-0.1, -0.05) is 6.92 Å². The molecule has 6 nitrogen and oxygen atoms in total. The fraction of sp³-hybridized carbons (Fsp3) is 0.692. The fourth-order valence-corrected chi connectivity index (χ4v) is 2.68. The SMILES string of the molecule is CCCNCc1ccc(S(=O)(=O)N(C)CCN(C)C)o1. The minimum absolute atomic E-state index is 0.00653. The van der Waals surface area contributed by atoms with E-state index in [0.29, 0.717) is 25.4 Å². The topological polar surface area (TPSA) is 65.8 Å². The molecule has 0 saturated heterocycles. The predicted molar refractivity (Wildman–Crippen MR) is 79.1 cm³/mol. The molecule has 0 aromatic carbocycles. The quantitative estimate of drug-likeness (QED) is 0.688. The van der Waals surface area contributed by atoms with Gasteiger partial charge < -0.3 is 14.6 Å². The molecule has 20 heavy (non-hydrogen) atoms. The molecule has 0 aliphatic carbocycles. The van der Waals surface area contributed by atoms with Crippen molar-refractivity contribution in [2.75, 3.05) is 40.8 Å². The summed E-state index contributed by atoms with van der Waals surface area (Å²) in [7, 11) is 1.85. The lowest BCUT2D eigenvalue weighted by molar-refractivity contribution is 0.344. The lowest BCUT2D eigenvalue weighted by Crippen LogP contribution is -2.33. The van der Waals surface area contributed by atoms with Crippen LogP contribution in [0.25, 0.3) is 0 Å². The Kier molecular flexibility index (Phi) is 6.67. The minimum Gasteiger partial charge on any atom is -0.447 e. The van der Waals surface area contributed by atoms with Crippen LogP contribution in [0.3, 0.4) is 0 Å². The number of hydrogen-bond donors (Lipinski definition) is 1. The molecule has 116 valence electrons. The number of nitrogens with one attached hydrogen (secondary N) is 1. The highest BCUT2D eigenvalue weighted by molar-refractivity contribution is 7.89. The van der Waals surface area contributed by atoms with Crippen LogP contribution >= 0.6 is 0 Å². The predicted octanol–water partition coefficient (Wildman–Crippen LogP) is 0.961. The molecule has 1 N–H and O–H groups in total. The van der Waals surface area contributed by atoms with Crippen LogP contribution in [0.15, 0.2) is 21.6 Å². The molecule has 0 bridgehead atoms. The zero-order chi connectivity index (χ0) is 15.2. The van der Waals surface area contributed by atoms with Gasteiger partial charge in [-0.05, 0) is 39.2 Å². The van der Waals surface area contributed by atoms with Crippen LogP contribution in [0, 0.1) is 0 Å². The van der Waals surface area contributed by atoms with Gasteiger partial charge in [0.1, 0.15) is 5.76 Å². The molecular formula is C13H25N3O3S. The Morgan fingerprint density at radius 1 is 1.20 bits per heavy atom. The van der Waals surface area contributed by atoms with Crippen molar-refractivity contribution in [1.29, 1.82) is 0 Å². The largest absolute Gasteiger partial charge is 0.447 e. The summed E-state index contributed by atoms with van der Waals surface area (Å²) in [6.45, 7) is 4.60. The first-order valence-electron chi connectivity index (χ1n) is 6.78. The Morgan fingerprint density at radius 2 is 1.90 bits per heavy atom. The van der Waals surface area contributed by atoms with E-state index in [1.807, 2.05) is 19.0 Å². The van der Waals surface area contributed by atoms with E-state index in [0.717, 1.165) is 13.0 Å². The summed E-state index contributed by atoms with van der Waals surface area (Å²) in [5.41, 5.74) is 0. The number of rotatable bonds is 9. The zero-order valence-corrected chi connectivity index (χ0v) is 13.5. The van der Waals surface area contributed by atoms with E-state index >= 15 is 0 Å². The van der Waals surface area contributed by atoms with Crippen molar-refractivity contribution in [3.8, 4) is 0 Å². The third kappa shape index (κ3) is 4.90. The van der Waals surface area contributed by atoms with Crippen LogP contribution in [0.5, 0.6) is 0 Å². The molecule has 0 aliphatic heterocycles. The molecule has 0 unspecified atom stereocenters. The normalized spacial score (nSPS) is 12.5. The molecule has 0 atom stereocenters. The highest BCUT2D eigenvalue weighted by Crippen LogP contribution is 2.17. The van der Waals surface area contributed by atoms with Crippen LogP contribution < -0.4 is 5.32 Å². The molecule has 1 heterocycles. The summed E-state index contributed by atoms with van der Waals surface area (Å²) in [6, 6.07) is 3.22. The van der Waals surface area contributed by atoms with Crippen molar-refractivity contribution in [3.63, 3.8) is 0 Å². The minimum atomic E-state index is -3.53. The van der Waals surface area contributed by atoms with Gasteiger partial charge in [-0.2, -0.15) is 4.31 Å². The van der Waals surface area contributed by atoms with Gasteiger partial charge in [-0.25, -0.2) is 8.42 Å². The smallest absolute Gasteiger partial charge is 0.276 e. The molecule has 7 heteroatoms. The van der Waals surface area contributed by atoms with Gasteiger partial charge in [0.2, 0.25) is 5.09 Å². The van der Waals surface area contributed by atoms with Crippen LogP contribution in [0.1, 0.15) is 19.1 Å².